The fourth-order valence-electron chi connectivity index (χ4n) is 1.96. The lowest BCUT2D eigenvalue weighted by molar-refractivity contribution is -0.116. The van der Waals surface area contributed by atoms with Crippen molar-refractivity contribution in [2.75, 3.05) is 5.32 Å². The number of hydrogen-bond donors (Lipinski definition) is 1. The van der Waals surface area contributed by atoms with Crippen molar-refractivity contribution in [2.24, 2.45) is 0 Å². The molecule has 1 N–H and O–H groups in total. The number of imidazole rings is 1. The second kappa shape index (κ2) is 5.71. The molecule has 106 valence electrons. The van der Waals surface area contributed by atoms with Gasteiger partial charge in [-0.15, -0.1) is 0 Å². The predicted octanol–water partition coefficient (Wildman–Crippen LogP) is 2.87. The number of carbonyl (C=O) groups excluding carboxylic acids is 1. The number of Topliss-reactive ketones (excluding diaryl/α,β-unsaturated/α-hetero) is 1. The first-order chi connectivity index (χ1) is 10.1. The van der Waals surface area contributed by atoms with Crippen molar-refractivity contribution in [1.29, 1.82) is 0 Å². The largest absolute Gasteiger partial charge is 0.308 e. The number of ketones is 1. The van der Waals surface area contributed by atoms with Crippen molar-refractivity contribution in [1.82, 2.24) is 14.5 Å². The molecule has 2 aromatic heterocycles. The molecule has 2 heterocycles. The van der Waals surface area contributed by atoms with Gasteiger partial charge in [-0.25, -0.2) is 9.97 Å². The average molecular weight is 316 g/mol. The van der Waals surface area contributed by atoms with Gasteiger partial charge in [0.2, 0.25) is 0 Å². The number of aromatic nitrogens is 3. The Balaban J connectivity index is 1.84. The maximum absolute atomic E-state index is 11.2. The number of benzene rings is 1. The number of hydrogen-bond acceptors (Lipinski definition) is 5. The molecular weight excluding hydrogens is 304 g/mol. The second-order valence-corrected chi connectivity index (χ2v) is 6.02. The van der Waals surface area contributed by atoms with E-state index in [9.17, 15) is 4.79 Å². The molecule has 0 aliphatic heterocycles. The van der Waals surface area contributed by atoms with E-state index in [2.05, 4.69) is 15.3 Å². The summed E-state index contributed by atoms with van der Waals surface area (Å²) in [5.41, 5.74) is 1.89. The molecule has 0 amide bonds. The van der Waals surface area contributed by atoms with Crippen molar-refractivity contribution in [3.05, 3.63) is 42.5 Å². The van der Waals surface area contributed by atoms with Crippen molar-refractivity contribution in [2.45, 2.75) is 13.3 Å². The molecule has 0 radical (unpaired) electrons. The second-order valence-electron chi connectivity index (χ2n) is 4.60. The van der Waals surface area contributed by atoms with Crippen LogP contribution in [0.5, 0.6) is 0 Å². The quantitative estimate of drug-likeness (QED) is 0.753. The van der Waals surface area contributed by atoms with E-state index in [1.807, 2.05) is 18.2 Å². The van der Waals surface area contributed by atoms with Gasteiger partial charge in [0.25, 0.3) is 0 Å². The molecule has 0 fully saturated rings. The Labute approximate surface area is 130 Å². The highest BCUT2D eigenvalue weighted by atomic mass is 32.1. The van der Waals surface area contributed by atoms with E-state index >= 15 is 0 Å². The van der Waals surface area contributed by atoms with Crippen LogP contribution in [-0.4, -0.2) is 25.4 Å². The van der Waals surface area contributed by atoms with Crippen LogP contribution in [-0.2, 0) is 11.2 Å². The van der Waals surface area contributed by atoms with Crippen LogP contribution in [0, 0.1) is 0 Å². The summed E-state index contributed by atoms with van der Waals surface area (Å²) in [5, 5.41) is 4.34. The predicted molar refractivity (Wildman–Crippen MR) is 87.9 cm³/mol. The molecule has 0 bridgehead atoms. The summed E-state index contributed by atoms with van der Waals surface area (Å²) in [5.74, 6) is 0.151. The molecule has 3 aromatic rings. The Morgan fingerprint density at radius 1 is 1.48 bits per heavy atom. The molecule has 21 heavy (non-hydrogen) atoms. The minimum absolute atomic E-state index is 0.151. The number of thiocarbonyl (C=S) groups is 1. The number of rotatable bonds is 3. The van der Waals surface area contributed by atoms with Crippen LogP contribution in [0.1, 0.15) is 12.5 Å². The molecular formula is C14H12N4OS2. The van der Waals surface area contributed by atoms with Crippen LogP contribution in [0.3, 0.4) is 0 Å². The molecule has 0 saturated heterocycles. The molecule has 0 saturated carbocycles. The summed E-state index contributed by atoms with van der Waals surface area (Å²) in [7, 11) is 0. The maximum Gasteiger partial charge on any atom is 0.190 e. The monoisotopic (exact) mass is 316 g/mol. The smallest absolute Gasteiger partial charge is 0.190 e. The highest BCUT2D eigenvalue weighted by Gasteiger charge is 2.08. The SMILES string of the molecule is CC(=O)Cc1ccc2nc(NC(=S)n3ccnc3)sc2c1. The fraction of sp³-hybridized carbons (Fsp3) is 0.143. The Kier molecular flexibility index (Phi) is 3.76. The molecule has 0 aliphatic carbocycles. The summed E-state index contributed by atoms with van der Waals surface area (Å²) in [4.78, 5) is 19.6. The average Bonchev–Trinajstić information content (AvgIpc) is 3.05. The third-order valence-corrected chi connectivity index (χ3v) is 4.11. The van der Waals surface area contributed by atoms with E-state index in [1.54, 1.807) is 30.2 Å². The van der Waals surface area contributed by atoms with Gasteiger partial charge in [-0.3, -0.25) is 9.36 Å². The van der Waals surface area contributed by atoms with Gasteiger partial charge in [0.1, 0.15) is 12.1 Å². The molecule has 1 aromatic carbocycles. The number of anilines is 1. The summed E-state index contributed by atoms with van der Waals surface area (Å²) in [6, 6.07) is 5.86. The van der Waals surface area contributed by atoms with Gasteiger partial charge >= 0.3 is 0 Å². The topological polar surface area (TPSA) is 59.8 Å². The molecule has 0 atom stereocenters. The number of fused-ring (bicyclic) bond motifs is 1. The van der Waals surface area contributed by atoms with E-state index in [-0.39, 0.29) is 5.78 Å². The maximum atomic E-state index is 11.2. The molecule has 0 unspecified atom stereocenters. The number of nitrogens with zero attached hydrogens (tertiary/aromatic N) is 3. The lowest BCUT2D eigenvalue weighted by Crippen LogP contribution is -2.17. The van der Waals surface area contributed by atoms with E-state index < -0.39 is 0 Å². The van der Waals surface area contributed by atoms with Crippen molar-refractivity contribution in [3.8, 4) is 0 Å². The first kappa shape index (κ1) is 13.8. The third-order valence-electron chi connectivity index (χ3n) is 2.86. The van der Waals surface area contributed by atoms with Crippen LogP contribution < -0.4 is 5.32 Å². The van der Waals surface area contributed by atoms with E-state index in [4.69, 9.17) is 12.2 Å². The zero-order chi connectivity index (χ0) is 14.8. The van der Waals surface area contributed by atoms with Crippen LogP contribution in [0.2, 0.25) is 0 Å². The minimum atomic E-state index is 0.151. The molecule has 0 aliphatic rings. The van der Waals surface area contributed by atoms with E-state index in [1.165, 1.54) is 11.3 Å². The molecule has 3 rings (SSSR count). The first-order valence-corrected chi connectivity index (χ1v) is 7.52. The number of nitrogens with one attached hydrogen (secondary N) is 1. The Morgan fingerprint density at radius 2 is 2.33 bits per heavy atom. The molecule has 5 nitrogen and oxygen atoms in total. The lowest BCUT2D eigenvalue weighted by Gasteiger charge is -2.03. The van der Waals surface area contributed by atoms with Crippen molar-refractivity contribution in [3.63, 3.8) is 0 Å². The summed E-state index contributed by atoms with van der Waals surface area (Å²) in [6.45, 7) is 1.59. The summed E-state index contributed by atoms with van der Waals surface area (Å²) >= 11 is 6.79. The zero-order valence-electron chi connectivity index (χ0n) is 11.2. The zero-order valence-corrected chi connectivity index (χ0v) is 12.9. The highest BCUT2D eigenvalue weighted by molar-refractivity contribution is 7.80. The molecule has 7 heteroatoms. The van der Waals surface area contributed by atoms with E-state index in [0.29, 0.717) is 11.5 Å². The fourth-order valence-corrected chi connectivity index (χ4v) is 3.15. The number of thiazole rings is 1. The van der Waals surface area contributed by atoms with Gasteiger partial charge in [-0.2, -0.15) is 0 Å². The van der Waals surface area contributed by atoms with Gasteiger partial charge in [0.05, 0.1) is 10.2 Å². The molecule has 0 spiro atoms. The minimum Gasteiger partial charge on any atom is -0.308 e. The van der Waals surface area contributed by atoms with Gasteiger partial charge < -0.3 is 5.32 Å². The van der Waals surface area contributed by atoms with Crippen molar-refractivity contribution < 1.29 is 4.79 Å². The van der Waals surface area contributed by atoms with E-state index in [0.717, 1.165) is 20.9 Å². The normalized spacial score (nSPS) is 10.7. The van der Waals surface area contributed by atoms with Gasteiger partial charge in [-0.1, -0.05) is 17.4 Å². The standard InChI is InChI=1S/C14H12N4OS2/c1-9(19)6-10-2-3-11-12(7-10)21-13(16-11)17-14(20)18-5-4-15-8-18/h2-5,7-8H,6H2,1H3,(H,16,17,20). The highest BCUT2D eigenvalue weighted by Crippen LogP contribution is 2.27. The lowest BCUT2D eigenvalue weighted by atomic mass is 10.1. The summed E-state index contributed by atoms with van der Waals surface area (Å²) in [6.07, 6.45) is 5.52. The van der Waals surface area contributed by atoms with Gasteiger partial charge in [-0.05, 0) is 36.8 Å². The van der Waals surface area contributed by atoms with Crippen LogP contribution in [0.4, 0.5) is 5.13 Å². The number of carbonyl (C=O) groups is 1. The third kappa shape index (κ3) is 3.14. The van der Waals surface area contributed by atoms with Crippen molar-refractivity contribution >= 4 is 49.8 Å². The Bertz CT molecular complexity index is 808. The summed E-state index contributed by atoms with van der Waals surface area (Å²) < 4.78 is 2.74. The Hall–Kier alpha value is -2.12. The van der Waals surface area contributed by atoms with Crippen LogP contribution >= 0.6 is 23.6 Å². The Morgan fingerprint density at radius 3 is 3.05 bits per heavy atom. The van der Waals surface area contributed by atoms with Gasteiger partial charge in [0, 0.05) is 18.8 Å². The van der Waals surface area contributed by atoms with Crippen LogP contribution in [0.25, 0.3) is 10.2 Å². The van der Waals surface area contributed by atoms with Crippen LogP contribution in [0.15, 0.2) is 36.9 Å². The first-order valence-electron chi connectivity index (χ1n) is 6.30. The van der Waals surface area contributed by atoms with Gasteiger partial charge in [0.15, 0.2) is 10.2 Å².